The van der Waals surface area contributed by atoms with Crippen LogP contribution in [0.5, 0.6) is 0 Å². The highest BCUT2D eigenvalue weighted by Gasteiger charge is 2.20. The van der Waals surface area contributed by atoms with Gasteiger partial charge >= 0.3 is 7.12 Å². The molecule has 2 aromatic rings. The van der Waals surface area contributed by atoms with Gasteiger partial charge in [-0.3, -0.25) is 5.10 Å². The highest BCUT2D eigenvalue weighted by Crippen LogP contribution is 2.19. The molecule has 4 nitrogen and oxygen atoms in total. The van der Waals surface area contributed by atoms with Crippen molar-refractivity contribution in [2.45, 2.75) is 6.92 Å². The van der Waals surface area contributed by atoms with Gasteiger partial charge in [-0.2, -0.15) is 5.10 Å². The lowest BCUT2D eigenvalue weighted by Crippen LogP contribution is -2.32. The molecule has 1 aromatic carbocycles. The van der Waals surface area contributed by atoms with Crippen molar-refractivity contribution >= 4 is 35.1 Å². The van der Waals surface area contributed by atoms with Crippen molar-refractivity contribution in [1.82, 2.24) is 10.2 Å². The van der Waals surface area contributed by atoms with Gasteiger partial charge in [0.15, 0.2) is 0 Å². The second-order valence-corrected chi connectivity index (χ2v) is 3.48. The van der Waals surface area contributed by atoms with Crippen LogP contribution in [-0.4, -0.2) is 27.4 Å². The number of aryl methyl sites for hydroxylation is 1. The summed E-state index contributed by atoms with van der Waals surface area (Å²) in [6.45, 7) is 1.79. The number of rotatable bonds is 1. The Kier molecular flexibility index (Phi) is 2.22. The number of H-pyrrole nitrogens is 1. The Morgan fingerprint density at radius 2 is 2.14 bits per heavy atom. The topological polar surface area (TPSA) is 69.1 Å². The highest BCUT2D eigenvalue weighted by molar-refractivity contribution is 6.63. The first-order valence-electron chi connectivity index (χ1n) is 4.10. The van der Waals surface area contributed by atoms with Crippen LogP contribution < -0.4 is 5.46 Å². The maximum absolute atomic E-state index is 9.20. The zero-order valence-corrected chi connectivity index (χ0v) is 8.21. The molecule has 2 rings (SSSR count). The lowest BCUT2D eigenvalue weighted by molar-refractivity contribution is 0.426. The number of benzene rings is 1. The number of fused-ring (bicyclic) bond motifs is 1. The van der Waals surface area contributed by atoms with Gasteiger partial charge in [0.05, 0.1) is 5.52 Å². The minimum atomic E-state index is -1.53. The van der Waals surface area contributed by atoms with Crippen molar-refractivity contribution in [2.75, 3.05) is 0 Å². The number of nitrogens with one attached hydrogen (secondary N) is 1. The van der Waals surface area contributed by atoms with E-state index in [1.165, 1.54) is 0 Å². The predicted molar refractivity (Wildman–Crippen MR) is 55.7 cm³/mol. The molecule has 14 heavy (non-hydrogen) atoms. The van der Waals surface area contributed by atoms with Crippen LogP contribution in [0.15, 0.2) is 12.1 Å². The third kappa shape index (κ3) is 1.30. The third-order valence-electron chi connectivity index (χ3n) is 2.19. The monoisotopic (exact) mass is 210 g/mol. The molecule has 0 saturated carbocycles. The molecule has 0 aliphatic rings. The molecule has 0 amide bonds. The number of hydrogen-bond donors (Lipinski definition) is 3. The molecule has 72 valence electrons. The Morgan fingerprint density at radius 1 is 1.43 bits per heavy atom. The Hall–Kier alpha value is -1.04. The zero-order chi connectivity index (χ0) is 10.3. The smallest absolute Gasteiger partial charge is 0.423 e. The van der Waals surface area contributed by atoms with Crippen LogP contribution in [0.2, 0.25) is 5.15 Å². The normalized spacial score (nSPS) is 10.9. The largest absolute Gasteiger partial charge is 0.489 e. The number of aromatic amines is 1. The standard InChI is InChI=1S/C8H8BClN2O2/c1-4-2-3-5-6(7(4)9(13)14)8(10)12-11-5/h2-3,13-14H,1H3,(H,11,12). The molecule has 3 N–H and O–H groups in total. The third-order valence-corrected chi connectivity index (χ3v) is 2.47. The molecule has 6 heteroatoms. The summed E-state index contributed by atoms with van der Waals surface area (Å²) in [5.74, 6) is 0. The van der Waals surface area contributed by atoms with Crippen molar-refractivity contribution in [3.63, 3.8) is 0 Å². The number of nitrogens with zero attached hydrogens (tertiary/aromatic N) is 1. The quantitative estimate of drug-likeness (QED) is 0.589. The Labute approximate surface area is 85.7 Å². The molecule has 0 radical (unpaired) electrons. The van der Waals surface area contributed by atoms with Crippen LogP contribution in [0.3, 0.4) is 0 Å². The average Bonchev–Trinajstić information content (AvgIpc) is 2.47. The fourth-order valence-corrected chi connectivity index (χ4v) is 1.77. The van der Waals surface area contributed by atoms with E-state index in [0.29, 0.717) is 21.5 Å². The van der Waals surface area contributed by atoms with Crippen LogP contribution in [-0.2, 0) is 0 Å². The summed E-state index contributed by atoms with van der Waals surface area (Å²) in [4.78, 5) is 0. The van der Waals surface area contributed by atoms with E-state index in [0.717, 1.165) is 5.56 Å². The van der Waals surface area contributed by atoms with E-state index >= 15 is 0 Å². The summed E-state index contributed by atoms with van der Waals surface area (Å²) >= 11 is 5.85. The Morgan fingerprint density at radius 3 is 2.79 bits per heavy atom. The second-order valence-electron chi connectivity index (χ2n) is 3.10. The molecule has 0 aliphatic heterocycles. The average molecular weight is 210 g/mol. The maximum Gasteiger partial charge on any atom is 0.489 e. The highest BCUT2D eigenvalue weighted by atomic mass is 35.5. The SMILES string of the molecule is Cc1ccc2n[nH]c(Cl)c2c1B(O)O. The van der Waals surface area contributed by atoms with E-state index in [9.17, 15) is 10.0 Å². The zero-order valence-electron chi connectivity index (χ0n) is 7.45. The molecule has 0 spiro atoms. The lowest BCUT2D eigenvalue weighted by atomic mass is 9.75. The lowest BCUT2D eigenvalue weighted by Gasteiger charge is -2.05. The molecule has 1 heterocycles. The first kappa shape index (κ1) is 9.52. The summed E-state index contributed by atoms with van der Waals surface area (Å²) in [7, 11) is -1.53. The molecule has 0 aliphatic carbocycles. The van der Waals surface area contributed by atoms with Crippen LogP contribution in [0.4, 0.5) is 0 Å². The summed E-state index contributed by atoms with van der Waals surface area (Å²) in [6.07, 6.45) is 0. The van der Waals surface area contributed by atoms with Crippen LogP contribution in [0.1, 0.15) is 5.56 Å². The van der Waals surface area contributed by atoms with E-state index in [-0.39, 0.29) is 0 Å². The van der Waals surface area contributed by atoms with E-state index in [1.807, 2.05) is 0 Å². The summed E-state index contributed by atoms with van der Waals surface area (Å²) in [5, 5.41) is 25.8. The van der Waals surface area contributed by atoms with Crippen molar-refractivity contribution in [2.24, 2.45) is 0 Å². The van der Waals surface area contributed by atoms with Gasteiger partial charge in [0.25, 0.3) is 0 Å². The molecule has 1 aromatic heterocycles. The van der Waals surface area contributed by atoms with Gasteiger partial charge in [0, 0.05) is 5.39 Å². The Bertz CT molecular complexity index is 483. The molecular formula is C8H8BClN2O2. The first-order valence-corrected chi connectivity index (χ1v) is 4.48. The molecule has 0 bridgehead atoms. The van der Waals surface area contributed by atoms with Gasteiger partial charge in [-0.05, 0) is 18.5 Å². The van der Waals surface area contributed by atoms with Crippen molar-refractivity contribution in [3.05, 3.63) is 22.8 Å². The van der Waals surface area contributed by atoms with Gasteiger partial charge in [-0.15, -0.1) is 0 Å². The maximum atomic E-state index is 9.20. The van der Waals surface area contributed by atoms with Crippen LogP contribution in [0, 0.1) is 6.92 Å². The fraction of sp³-hybridized carbons (Fsp3) is 0.125. The van der Waals surface area contributed by atoms with Crippen molar-refractivity contribution in [1.29, 1.82) is 0 Å². The molecule has 0 saturated heterocycles. The van der Waals surface area contributed by atoms with Crippen molar-refractivity contribution < 1.29 is 10.0 Å². The summed E-state index contributed by atoms with van der Waals surface area (Å²) in [6, 6.07) is 3.55. The van der Waals surface area contributed by atoms with Crippen LogP contribution in [0.25, 0.3) is 10.9 Å². The Balaban J connectivity index is 2.87. The second kappa shape index (κ2) is 3.27. The van der Waals surface area contributed by atoms with E-state index in [2.05, 4.69) is 10.2 Å². The minimum absolute atomic E-state index is 0.326. The van der Waals surface area contributed by atoms with E-state index in [4.69, 9.17) is 11.6 Å². The van der Waals surface area contributed by atoms with Gasteiger partial charge in [0.2, 0.25) is 0 Å². The van der Waals surface area contributed by atoms with E-state index in [1.54, 1.807) is 19.1 Å². The molecule has 0 unspecified atom stereocenters. The van der Waals surface area contributed by atoms with Gasteiger partial charge in [-0.25, -0.2) is 0 Å². The molecule has 0 atom stereocenters. The summed E-state index contributed by atoms with van der Waals surface area (Å²) < 4.78 is 0. The number of hydrogen-bond acceptors (Lipinski definition) is 3. The minimum Gasteiger partial charge on any atom is -0.423 e. The van der Waals surface area contributed by atoms with Gasteiger partial charge in [-0.1, -0.05) is 23.2 Å². The number of halogens is 1. The first-order chi connectivity index (χ1) is 6.61. The predicted octanol–water partition coefficient (Wildman–Crippen LogP) is 0.205. The summed E-state index contributed by atoms with van der Waals surface area (Å²) in [5.41, 5.74) is 1.81. The van der Waals surface area contributed by atoms with Gasteiger partial charge in [0.1, 0.15) is 5.15 Å². The molecular weight excluding hydrogens is 202 g/mol. The fourth-order valence-electron chi connectivity index (χ4n) is 1.53. The molecule has 0 fully saturated rings. The van der Waals surface area contributed by atoms with E-state index < -0.39 is 7.12 Å². The van der Waals surface area contributed by atoms with Crippen molar-refractivity contribution in [3.8, 4) is 0 Å². The number of aromatic nitrogens is 2. The van der Waals surface area contributed by atoms with Crippen LogP contribution >= 0.6 is 11.6 Å². The van der Waals surface area contributed by atoms with Gasteiger partial charge < -0.3 is 10.0 Å².